The molecule has 1 heterocycles. The second kappa shape index (κ2) is 5.71. The fourth-order valence-electron chi connectivity index (χ4n) is 1.92. The number of benzene rings is 1. The molecule has 0 aliphatic carbocycles. The molecule has 0 saturated heterocycles. The zero-order valence-electron chi connectivity index (χ0n) is 11.1. The van der Waals surface area contributed by atoms with Crippen LogP contribution in [0.25, 0.3) is 0 Å². The Labute approximate surface area is 111 Å². The van der Waals surface area contributed by atoms with Gasteiger partial charge >= 0.3 is 0 Å². The van der Waals surface area contributed by atoms with Gasteiger partial charge in [-0.25, -0.2) is 0 Å². The van der Waals surface area contributed by atoms with E-state index in [9.17, 15) is 9.90 Å². The topological polar surface area (TPSA) is 51.5 Å². The molecular formula is C15H17NO3. The summed E-state index contributed by atoms with van der Waals surface area (Å²) in [6.45, 7) is 1.91. The van der Waals surface area contributed by atoms with Crippen LogP contribution in [0.3, 0.4) is 0 Å². The molecule has 0 amide bonds. The molecule has 0 unspecified atom stereocenters. The van der Waals surface area contributed by atoms with Crippen molar-refractivity contribution in [3.8, 4) is 5.75 Å². The summed E-state index contributed by atoms with van der Waals surface area (Å²) in [6.07, 6.45) is 0. The first-order chi connectivity index (χ1) is 9.13. The number of hydrogen-bond acceptors (Lipinski definition) is 3. The fraction of sp³-hybridized carbons (Fsp3) is 0.267. The van der Waals surface area contributed by atoms with Gasteiger partial charge in [0.15, 0.2) is 5.75 Å². The lowest BCUT2D eigenvalue weighted by Gasteiger charge is -2.15. The average molecular weight is 259 g/mol. The standard InChI is InChI=1S/C15H17NO3/c1-11-8-14(18)15(13(9-17)16(11)2)19-10-12-6-4-3-5-7-12/h3-8,17H,9-10H2,1-2H3. The van der Waals surface area contributed by atoms with Gasteiger partial charge in [-0.3, -0.25) is 4.79 Å². The number of nitrogens with zero attached hydrogens (tertiary/aromatic N) is 1. The second-order valence-electron chi connectivity index (χ2n) is 4.42. The molecule has 1 aromatic carbocycles. The van der Waals surface area contributed by atoms with E-state index < -0.39 is 0 Å². The van der Waals surface area contributed by atoms with Crippen molar-refractivity contribution >= 4 is 0 Å². The smallest absolute Gasteiger partial charge is 0.224 e. The highest BCUT2D eigenvalue weighted by Gasteiger charge is 2.12. The number of aryl methyl sites for hydroxylation is 1. The van der Waals surface area contributed by atoms with Gasteiger partial charge in [-0.2, -0.15) is 0 Å². The third-order valence-corrected chi connectivity index (χ3v) is 3.14. The quantitative estimate of drug-likeness (QED) is 0.910. The van der Waals surface area contributed by atoms with Crippen LogP contribution in [-0.4, -0.2) is 9.67 Å². The molecule has 2 rings (SSSR count). The van der Waals surface area contributed by atoms with Crippen LogP contribution >= 0.6 is 0 Å². The van der Waals surface area contributed by atoms with Crippen LogP contribution in [0.4, 0.5) is 0 Å². The van der Waals surface area contributed by atoms with Crippen molar-refractivity contribution in [3.63, 3.8) is 0 Å². The van der Waals surface area contributed by atoms with Gasteiger partial charge in [0.25, 0.3) is 0 Å². The number of aliphatic hydroxyl groups is 1. The summed E-state index contributed by atoms with van der Waals surface area (Å²) in [5.41, 5.74) is 2.08. The molecule has 4 nitrogen and oxygen atoms in total. The Bertz CT molecular complexity index is 617. The van der Waals surface area contributed by atoms with E-state index in [1.807, 2.05) is 37.3 Å². The summed E-state index contributed by atoms with van der Waals surface area (Å²) < 4.78 is 7.35. The molecule has 0 radical (unpaired) electrons. The number of pyridine rings is 1. The van der Waals surface area contributed by atoms with Crippen molar-refractivity contribution in [1.29, 1.82) is 0 Å². The summed E-state index contributed by atoms with van der Waals surface area (Å²) in [5, 5.41) is 9.41. The third-order valence-electron chi connectivity index (χ3n) is 3.14. The van der Waals surface area contributed by atoms with Crippen molar-refractivity contribution < 1.29 is 9.84 Å². The van der Waals surface area contributed by atoms with Crippen molar-refractivity contribution in [2.24, 2.45) is 7.05 Å². The maximum absolute atomic E-state index is 11.9. The highest BCUT2D eigenvalue weighted by Crippen LogP contribution is 2.16. The summed E-state index contributed by atoms with van der Waals surface area (Å²) in [6, 6.07) is 11.1. The molecule has 19 heavy (non-hydrogen) atoms. The van der Waals surface area contributed by atoms with E-state index in [-0.39, 0.29) is 17.8 Å². The van der Waals surface area contributed by atoms with Gasteiger partial charge in [0.1, 0.15) is 6.61 Å². The SMILES string of the molecule is Cc1cc(=O)c(OCc2ccccc2)c(CO)n1C. The van der Waals surface area contributed by atoms with Crippen LogP contribution in [0, 0.1) is 6.92 Å². The maximum atomic E-state index is 11.9. The molecule has 4 heteroatoms. The highest BCUT2D eigenvalue weighted by molar-refractivity contribution is 5.31. The predicted octanol–water partition coefficient (Wildman–Crippen LogP) is 1.77. The Morgan fingerprint density at radius 1 is 1.26 bits per heavy atom. The Kier molecular flexibility index (Phi) is 4.02. The average Bonchev–Trinajstić information content (AvgIpc) is 2.42. The number of aromatic nitrogens is 1. The lowest BCUT2D eigenvalue weighted by Crippen LogP contribution is -2.17. The third kappa shape index (κ3) is 2.85. The first-order valence-electron chi connectivity index (χ1n) is 6.10. The zero-order valence-corrected chi connectivity index (χ0v) is 11.1. The van der Waals surface area contributed by atoms with Crippen molar-refractivity contribution in [1.82, 2.24) is 4.57 Å². The van der Waals surface area contributed by atoms with Gasteiger partial charge in [-0.15, -0.1) is 0 Å². The van der Waals surface area contributed by atoms with Crippen LogP contribution < -0.4 is 10.2 Å². The molecule has 0 atom stereocenters. The Balaban J connectivity index is 2.30. The minimum Gasteiger partial charge on any atom is -0.483 e. The molecular weight excluding hydrogens is 242 g/mol. The molecule has 0 fully saturated rings. The number of aliphatic hydroxyl groups excluding tert-OH is 1. The van der Waals surface area contributed by atoms with Gasteiger partial charge in [-0.05, 0) is 12.5 Å². The molecule has 0 saturated carbocycles. The van der Waals surface area contributed by atoms with E-state index >= 15 is 0 Å². The molecule has 0 spiro atoms. The minimum absolute atomic E-state index is 0.199. The Morgan fingerprint density at radius 3 is 2.58 bits per heavy atom. The Morgan fingerprint density at radius 2 is 1.95 bits per heavy atom. The van der Waals surface area contributed by atoms with Gasteiger partial charge in [0, 0.05) is 18.8 Å². The van der Waals surface area contributed by atoms with E-state index in [1.54, 1.807) is 11.6 Å². The fourth-order valence-corrected chi connectivity index (χ4v) is 1.92. The first-order valence-corrected chi connectivity index (χ1v) is 6.10. The highest BCUT2D eigenvalue weighted by atomic mass is 16.5. The second-order valence-corrected chi connectivity index (χ2v) is 4.42. The summed E-state index contributed by atoms with van der Waals surface area (Å²) in [5.74, 6) is 0.222. The van der Waals surface area contributed by atoms with E-state index in [2.05, 4.69) is 0 Å². The van der Waals surface area contributed by atoms with Crippen LogP contribution in [-0.2, 0) is 20.3 Å². The Hall–Kier alpha value is -2.07. The molecule has 0 bridgehead atoms. The number of rotatable bonds is 4. The predicted molar refractivity (Wildman–Crippen MR) is 73.1 cm³/mol. The molecule has 2 aromatic rings. The summed E-state index contributed by atoms with van der Waals surface area (Å²) >= 11 is 0. The zero-order chi connectivity index (χ0) is 13.8. The molecule has 1 aromatic heterocycles. The van der Waals surface area contributed by atoms with Gasteiger partial charge < -0.3 is 14.4 Å². The lowest BCUT2D eigenvalue weighted by atomic mass is 10.2. The van der Waals surface area contributed by atoms with E-state index in [0.717, 1.165) is 11.3 Å². The summed E-state index contributed by atoms with van der Waals surface area (Å²) in [7, 11) is 1.80. The van der Waals surface area contributed by atoms with Crippen molar-refractivity contribution in [3.05, 3.63) is 63.6 Å². The van der Waals surface area contributed by atoms with Crippen LogP contribution in [0.2, 0.25) is 0 Å². The van der Waals surface area contributed by atoms with Gasteiger partial charge in [-0.1, -0.05) is 30.3 Å². The van der Waals surface area contributed by atoms with Gasteiger partial charge in [0.2, 0.25) is 5.43 Å². The maximum Gasteiger partial charge on any atom is 0.224 e. The molecule has 100 valence electrons. The molecule has 1 N–H and O–H groups in total. The van der Waals surface area contributed by atoms with Crippen LogP contribution in [0.1, 0.15) is 17.0 Å². The summed E-state index contributed by atoms with van der Waals surface area (Å²) in [4.78, 5) is 11.9. The monoisotopic (exact) mass is 259 g/mol. The number of hydrogen-bond donors (Lipinski definition) is 1. The van der Waals surface area contributed by atoms with Gasteiger partial charge in [0.05, 0.1) is 12.3 Å². The number of ether oxygens (including phenoxy) is 1. The minimum atomic E-state index is -0.225. The first kappa shape index (κ1) is 13.4. The molecule has 0 aliphatic rings. The lowest BCUT2D eigenvalue weighted by molar-refractivity contribution is 0.246. The van der Waals surface area contributed by atoms with E-state index in [1.165, 1.54) is 6.07 Å². The van der Waals surface area contributed by atoms with Crippen LogP contribution in [0.15, 0.2) is 41.2 Å². The normalized spacial score (nSPS) is 10.5. The van der Waals surface area contributed by atoms with Crippen molar-refractivity contribution in [2.45, 2.75) is 20.1 Å². The van der Waals surface area contributed by atoms with E-state index in [4.69, 9.17) is 4.74 Å². The molecule has 0 aliphatic heterocycles. The van der Waals surface area contributed by atoms with E-state index in [0.29, 0.717) is 12.3 Å². The van der Waals surface area contributed by atoms with Crippen LogP contribution in [0.5, 0.6) is 5.75 Å². The largest absolute Gasteiger partial charge is 0.483 e. The van der Waals surface area contributed by atoms with Crippen molar-refractivity contribution in [2.75, 3.05) is 0 Å².